The van der Waals surface area contributed by atoms with E-state index in [0.29, 0.717) is 60.7 Å². The van der Waals surface area contributed by atoms with Crippen LogP contribution >= 0.6 is 0 Å². The summed E-state index contributed by atoms with van der Waals surface area (Å²) in [7, 11) is 1.57. The van der Waals surface area contributed by atoms with E-state index >= 15 is 0 Å². The van der Waals surface area contributed by atoms with Gasteiger partial charge in [-0.15, -0.1) is 0 Å². The molecule has 0 radical (unpaired) electrons. The number of hydrogen-bond acceptors (Lipinski definition) is 6. The molecule has 2 aromatic carbocycles. The summed E-state index contributed by atoms with van der Waals surface area (Å²) < 4.78 is 27.8. The molecule has 0 aliphatic carbocycles. The van der Waals surface area contributed by atoms with E-state index in [1.165, 1.54) is 6.08 Å². The third-order valence-electron chi connectivity index (χ3n) is 4.31. The predicted molar refractivity (Wildman–Crippen MR) is 99.4 cm³/mol. The third-order valence-corrected chi connectivity index (χ3v) is 4.31. The molecule has 0 amide bonds. The zero-order chi connectivity index (χ0) is 18.6. The summed E-state index contributed by atoms with van der Waals surface area (Å²) in [4.78, 5) is 12.6. The lowest BCUT2D eigenvalue weighted by molar-refractivity contribution is 0.104. The predicted octanol–water partition coefficient (Wildman–Crippen LogP) is 3.52. The number of benzene rings is 2. The molecule has 0 atom stereocenters. The Kier molecular flexibility index (Phi) is 4.87. The van der Waals surface area contributed by atoms with Gasteiger partial charge in [0.05, 0.1) is 20.3 Å². The van der Waals surface area contributed by atoms with Crippen molar-refractivity contribution in [2.75, 3.05) is 33.5 Å². The average molecular weight is 368 g/mol. The minimum absolute atomic E-state index is 0.125. The number of rotatable bonds is 4. The molecule has 2 heterocycles. The van der Waals surface area contributed by atoms with Crippen LogP contribution < -0.4 is 23.7 Å². The minimum atomic E-state index is -0.125. The summed E-state index contributed by atoms with van der Waals surface area (Å²) in [6.07, 6.45) is 4.07. The Morgan fingerprint density at radius 2 is 1.70 bits per heavy atom. The van der Waals surface area contributed by atoms with E-state index in [1.54, 1.807) is 31.4 Å². The second kappa shape index (κ2) is 7.61. The average Bonchev–Trinajstić information content (AvgIpc) is 2.96. The maximum absolute atomic E-state index is 12.6. The smallest absolute Gasteiger partial charge is 0.203 e. The molecule has 6 nitrogen and oxygen atoms in total. The number of methoxy groups -OCH3 is 1. The monoisotopic (exact) mass is 368 g/mol. The van der Waals surface area contributed by atoms with Gasteiger partial charge in [-0.3, -0.25) is 4.79 Å². The van der Waals surface area contributed by atoms with Gasteiger partial charge in [-0.2, -0.15) is 0 Å². The molecule has 0 unspecified atom stereocenters. The third kappa shape index (κ3) is 3.69. The van der Waals surface area contributed by atoms with Gasteiger partial charge >= 0.3 is 0 Å². The van der Waals surface area contributed by atoms with Crippen LogP contribution in [-0.2, 0) is 0 Å². The first-order valence-corrected chi connectivity index (χ1v) is 8.84. The normalized spacial score (nSPS) is 15.3. The highest BCUT2D eigenvalue weighted by Crippen LogP contribution is 2.40. The highest BCUT2D eigenvalue weighted by molar-refractivity contribution is 6.07. The first-order valence-electron chi connectivity index (χ1n) is 8.84. The lowest BCUT2D eigenvalue weighted by Gasteiger charge is -2.20. The van der Waals surface area contributed by atoms with Gasteiger partial charge in [-0.05, 0) is 42.0 Å². The number of fused-ring (bicyclic) bond motifs is 2. The van der Waals surface area contributed by atoms with E-state index in [2.05, 4.69) is 0 Å². The molecule has 27 heavy (non-hydrogen) atoms. The van der Waals surface area contributed by atoms with Gasteiger partial charge in [0.2, 0.25) is 5.75 Å². The van der Waals surface area contributed by atoms with Crippen molar-refractivity contribution in [3.05, 3.63) is 47.5 Å². The maximum atomic E-state index is 12.6. The van der Waals surface area contributed by atoms with Crippen molar-refractivity contribution < 1.29 is 28.5 Å². The zero-order valence-electron chi connectivity index (χ0n) is 15.0. The molecule has 2 aliphatic rings. The van der Waals surface area contributed by atoms with Crippen LogP contribution in [0.2, 0.25) is 0 Å². The highest BCUT2D eigenvalue weighted by Gasteiger charge is 2.18. The molecule has 0 aromatic heterocycles. The van der Waals surface area contributed by atoms with Gasteiger partial charge in [0.15, 0.2) is 28.8 Å². The molecule has 140 valence electrons. The summed E-state index contributed by atoms with van der Waals surface area (Å²) in [6, 6.07) is 8.87. The van der Waals surface area contributed by atoms with Gasteiger partial charge in [0.1, 0.15) is 13.2 Å². The van der Waals surface area contributed by atoms with Gasteiger partial charge in [0.25, 0.3) is 0 Å². The van der Waals surface area contributed by atoms with Crippen molar-refractivity contribution in [2.24, 2.45) is 0 Å². The number of ether oxygens (including phenoxy) is 5. The fraction of sp³-hybridized carbons (Fsp3) is 0.286. The van der Waals surface area contributed by atoms with Gasteiger partial charge in [-0.1, -0.05) is 6.08 Å². The van der Waals surface area contributed by atoms with Crippen LogP contribution in [0, 0.1) is 0 Å². The Morgan fingerprint density at radius 3 is 2.56 bits per heavy atom. The van der Waals surface area contributed by atoms with Gasteiger partial charge in [-0.25, -0.2) is 0 Å². The van der Waals surface area contributed by atoms with Crippen molar-refractivity contribution in [1.29, 1.82) is 0 Å². The Labute approximate surface area is 157 Å². The lowest BCUT2D eigenvalue weighted by atomic mass is 10.1. The molecule has 2 aromatic rings. The van der Waals surface area contributed by atoms with Crippen molar-refractivity contribution in [3.63, 3.8) is 0 Å². The van der Waals surface area contributed by atoms with E-state index in [4.69, 9.17) is 23.7 Å². The Balaban J connectivity index is 1.56. The lowest BCUT2D eigenvalue weighted by Crippen LogP contribution is -2.16. The molecule has 2 aliphatic heterocycles. The molecule has 0 spiro atoms. The first kappa shape index (κ1) is 17.3. The maximum Gasteiger partial charge on any atom is 0.203 e. The number of carbonyl (C=O) groups is 1. The van der Waals surface area contributed by atoms with E-state index in [-0.39, 0.29) is 5.78 Å². The standard InChI is InChI=1S/C21H20O6/c1-23-19-11-14(12-20-21(19)27-10-9-26-20)3-5-16(22)15-4-6-17-18(13-15)25-8-2-7-24-17/h3-6,11-13H,2,7-10H2,1H3/b5-3-. The van der Waals surface area contributed by atoms with Crippen molar-refractivity contribution in [1.82, 2.24) is 0 Å². The number of ketones is 1. The van der Waals surface area contributed by atoms with Crippen LogP contribution in [0.5, 0.6) is 28.7 Å². The Hall–Kier alpha value is -3.15. The summed E-state index contributed by atoms with van der Waals surface area (Å²) in [6.45, 7) is 2.17. The molecule has 0 saturated heterocycles. The Bertz CT molecular complexity index is 869. The fourth-order valence-corrected chi connectivity index (χ4v) is 2.97. The van der Waals surface area contributed by atoms with E-state index < -0.39 is 0 Å². The molecule has 4 rings (SSSR count). The molecule has 6 heteroatoms. The second-order valence-corrected chi connectivity index (χ2v) is 6.16. The van der Waals surface area contributed by atoms with Crippen molar-refractivity contribution in [2.45, 2.75) is 6.42 Å². The second-order valence-electron chi connectivity index (χ2n) is 6.16. The largest absolute Gasteiger partial charge is 0.493 e. The first-order chi connectivity index (χ1) is 13.2. The van der Waals surface area contributed by atoms with Crippen LogP contribution in [0.1, 0.15) is 22.3 Å². The van der Waals surface area contributed by atoms with Crippen LogP contribution in [0.15, 0.2) is 36.4 Å². The molecule has 0 fully saturated rings. The molecule has 0 bridgehead atoms. The van der Waals surface area contributed by atoms with Crippen LogP contribution in [0.4, 0.5) is 0 Å². The molecule has 0 N–H and O–H groups in total. The quantitative estimate of drug-likeness (QED) is 0.608. The number of hydrogen-bond donors (Lipinski definition) is 0. The number of allylic oxidation sites excluding steroid dienone is 1. The molecular formula is C21H20O6. The SMILES string of the molecule is COc1cc(/C=C\C(=O)c2ccc3c(c2)OCCCO3)cc2c1OCCO2. The Morgan fingerprint density at radius 1 is 0.926 bits per heavy atom. The molecule has 0 saturated carbocycles. The topological polar surface area (TPSA) is 63.2 Å². The minimum Gasteiger partial charge on any atom is -0.493 e. The van der Waals surface area contributed by atoms with E-state index in [9.17, 15) is 4.79 Å². The van der Waals surface area contributed by atoms with E-state index in [0.717, 1.165) is 12.0 Å². The van der Waals surface area contributed by atoms with E-state index in [1.807, 2.05) is 12.1 Å². The fourth-order valence-electron chi connectivity index (χ4n) is 2.97. The van der Waals surface area contributed by atoms with Crippen LogP contribution in [0.3, 0.4) is 0 Å². The van der Waals surface area contributed by atoms with Gasteiger partial charge in [0, 0.05) is 12.0 Å². The van der Waals surface area contributed by atoms with Crippen molar-refractivity contribution in [3.8, 4) is 28.7 Å². The summed E-state index contributed by atoms with van der Waals surface area (Å²) in [5.41, 5.74) is 1.33. The summed E-state index contributed by atoms with van der Waals surface area (Å²) in [5, 5.41) is 0. The zero-order valence-corrected chi connectivity index (χ0v) is 15.0. The van der Waals surface area contributed by atoms with Gasteiger partial charge < -0.3 is 23.7 Å². The van der Waals surface area contributed by atoms with Crippen molar-refractivity contribution >= 4 is 11.9 Å². The summed E-state index contributed by atoms with van der Waals surface area (Å²) in [5.74, 6) is 2.94. The van der Waals surface area contributed by atoms with Crippen LogP contribution in [-0.4, -0.2) is 39.3 Å². The summed E-state index contributed by atoms with van der Waals surface area (Å²) >= 11 is 0. The number of carbonyl (C=O) groups excluding carboxylic acids is 1. The van der Waals surface area contributed by atoms with Crippen LogP contribution in [0.25, 0.3) is 6.08 Å². The molecular weight excluding hydrogens is 348 g/mol. The highest BCUT2D eigenvalue weighted by atomic mass is 16.6.